The third-order valence-corrected chi connectivity index (χ3v) is 4.66. The van der Waals surface area contributed by atoms with Crippen LogP contribution in [0.3, 0.4) is 0 Å². The molecule has 0 saturated heterocycles. The van der Waals surface area contributed by atoms with Crippen LogP contribution in [0.4, 0.5) is 5.13 Å². The summed E-state index contributed by atoms with van der Waals surface area (Å²) in [7, 11) is 2.06. The number of anilines is 1. The molecule has 0 saturated carbocycles. The van der Waals surface area contributed by atoms with Crippen molar-refractivity contribution in [2.75, 3.05) is 11.9 Å². The van der Waals surface area contributed by atoms with Gasteiger partial charge in [-0.25, -0.2) is 4.98 Å². The number of rotatable bonds is 4. The van der Waals surface area contributed by atoms with Gasteiger partial charge >= 0.3 is 0 Å². The van der Waals surface area contributed by atoms with Crippen molar-refractivity contribution in [2.24, 2.45) is 0 Å². The molecular formula is C12H22N2OS. The smallest absolute Gasteiger partial charge is 0.186 e. The minimum absolute atomic E-state index is 0.0975. The van der Waals surface area contributed by atoms with Crippen molar-refractivity contribution >= 4 is 16.5 Å². The highest BCUT2D eigenvalue weighted by Crippen LogP contribution is 2.33. The largest absolute Gasteiger partial charge is 0.388 e. The van der Waals surface area contributed by atoms with Gasteiger partial charge < -0.3 is 10.0 Å². The van der Waals surface area contributed by atoms with Gasteiger partial charge in [-0.1, -0.05) is 18.3 Å². The predicted octanol–water partition coefficient (Wildman–Crippen LogP) is 3.13. The molecule has 0 aliphatic carbocycles. The summed E-state index contributed by atoms with van der Waals surface area (Å²) in [4.78, 5) is 7.69. The fraction of sp³-hybridized carbons (Fsp3) is 0.750. The lowest BCUT2D eigenvalue weighted by molar-refractivity contribution is 0.202. The lowest BCUT2D eigenvalue weighted by Gasteiger charge is -2.34. The van der Waals surface area contributed by atoms with E-state index in [1.54, 1.807) is 18.3 Å². The van der Waals surface area contributed by atoms with Gasteiger partial charge in [-0.05, 0) is 34.1 Å². The molecule has 0 bridgehead atoms. The van der Waals surface area contributed by atoms with E-state index in [4.69, 9.17) is 0 Å². The average molecular weight is 242 g/mol. The van der Waals surface area contributed by atoms with Crippen LogP contribution < -0.4 is 4.90 Å². The molecule has 1 rings (SSSR count). The molecule has 1 aromatic rings. The monoisotopic (exact) mass is 242 g/mol. The van der Waals surface area contributed by atoms with Crippen LogP contribution in [0.5, 0.6) is 0 Å². The van der Waals surface area contributed by atoms with Gasteiger partial charge in [0.15, 0.2) is 5.13 Å². The van der Waals surface area contributed by atoms with E-state index in [0.29, 0.717) is 0 Å². The maximum absolute atomic E-state index is 9.61. The number of aryl methyl sites for hydroxylation is 1. The molecule has 16 heavy (non-hydrogen) atoms. The molecule has 0 spiro atoms. The molecule has 4 heteroatoms. The van der Waals surface area contributed by atoms with Gasteiger partial charge in [-0.3, -0.25) is 0 Å². The van der Waals surface area contributed by atoms with Crippen molar-refractivity contribution < 1.29 is 5.11 Å². The predicted molar refractivity (Wildman–Crippen MR) is 70.3 cm³/mol. The molecule has 0 aromatic carbocycles. The number of hydrogen-bond acceptors (Lipinski definition) is 4. The van der Waals surface area contributed by atoms with Crippen molar-refractivity contribution in [3.8, 4) is 0 Å². The molecule has 1 aromatic heterocycles. The summed E-state index contributed by atoms with van der Waals surface area (Å²) < 4.78 is 0. The summed E-state index contributed by atoms with van der Waals surface area (Å²) >= 11 is 1.58. The normalized spacial score (nSPS) is 13.9. The van der Waals surface area contributed by atoms with Gasteiger partial charge in [0.1, 0.15) is 0 Å². The molecule has 1 atom stereocenters. The maximum Gasteiger partial charge on any atom is 0.186 e. The number of thiazole rings is 1. The Morgan fingerprint density at radius 2 is 2.06 bits per heavy atom. The van der Waals surface area contributed by atoms with E-state index < -0.39 is 6.10 Å². The van der Waals surface area contributed by atoms with E-state index in [1.807, 2.05) is 6.92 Å². The zero-order valence-corrected chi connectivity index (χ0v) is 11.9. The maximum atomic E-state index is 9.61. The zero-order valence-electron chi connectivity index (χ0n) is 11.0. The highest BCUT2D eigenvalue weighted by atomic mass is 32.1. The summed E-state index contributed by atoms with van der Waals surface area (Å²) in [6.07, 6.45) is 0.635. The molecule has 0 aliphatic heterocycles. The van der Waals surface area contributed by atoms with Crippen LogP contribution >= 0.6 is 11.3 Å². The SMILES string of the molecule is CCC(C)(C)N(C)c1nc(C)c(C(C)O)s1. The third-order valence-electron chi connectivity index (χ3n) is 3.26. The summed E-state index contributed by atoms with van der Waals surface area (Å²) in [5.41, 5.74) is 1.04. The van der Waals surface area contributed by atoms with Crippen LogP contribution in [0.1, 0.15) is 50.8 Å². The van der Waals surface area contributed by atoms with Gasteiger partial charge in [0.05, 0.1) is 16.7 Å². The molecule has 0 fully saturated rings. The zero-order chi connectivity index (χ0) is 12.5. The fourth-order valence-electron chi connectivity index (χ4n) is 1.42. The first-order valence-electron chi connectivity index (χ1n) is 5.68. The number of aromatic nitrogens is 1. The van der Waals surface area contributed by atoms with Crippen LogP contribution in [0, 0.1) is 6.92 Å². The molecule has 0 amide bonds. The molecule has 0 aliphatic rings. The standard InChI is InChI=1S/C12H22N2OS/c1-7-12(4,5)14(6)11-13-8(2)10(16-11)9(3)15/h9,15H,7H2,1-6H3. The van der Waals surface area contributed by atoms with Crippen LogP contribution in [0.25, 0.3) is 0 Å². The van der Waals surface area contributed by atoms with E-state index in [2.05, 4.69) is 37.7 Å². The first kappa shape index (κ1) is 13.5. The van der Waals surface area contributed by atoms with Crippen LogP contribution in [-0.2, 0) is 0 Å². The van der Waals surface area contributed by atoms with Crippen LogP contribution in [0.15, 0.2) is 0 Å². The van der Waals surface area contributed by atoms with Gasteiger partial charge in [0.25, 0.3) is 0 Å². The topological polar surface area (TPSA) is 36.4 Å². The first-order chi connectivity index (χ1) is 7.29. The Morgan fingerprint density at radius 1 is 1.50 bits per heavy atom. The van der Waals surface area contributed by atoms with Crippen LogP contribution in [0.2, 0.25) is 0 Å². The molecule has 3 nitrogen and oxygen atoms in total. The second kappa shape index (κ2) is 4.72. The second-order valence-corrected chi connectivity index (χ2v) is 5.86. The van der Waals surface area contributed by atoms with E-state index in [1.165, 1.54) is 0 Å². The van der Waals surface area contributed by atoms with E-state index in [0.717, 1.165) is 22.1 Å². The van der Waals surface area contributed by atoms with Gasteiger partial charge in [-0.15, -0.1) is 0 Å². The Labute approximate surface area is 102 Å². The van der Waals surface area contributed by atoms with E-state index in [9.17, 15) is 5.11 Å². The Bertz CT molecular complexity index is 358. The van der Waals surface area contributed by atoms with Crippen molar-refractivity contribution in [3.05, 3.63) is 10.6 Å². The van der Waals surface area contributed by atoms with Crippen molar-refractivity contribution in [1.82, 2.24) is 4.98 Å². The molecule has 1 N–H and O–H groups in total. The number of nitrogens with zero attached hydrogens (tertiary/aromatic N) is 2. The highest BCUT2D eigenvalue weighted by Gasteiger charge is 2.25. The Balaban J connectivity index is 3.02. The van der Waals surface area contributed by atoms with Gasteiger partial charge in [0, 0.05) is 12.6 Å². The second-order valence-electron chi connectivity index (χ2n) is 4.85. The lowest BCUT2D eigenvalue weighted by atomic mass is 10.0. The highest BCUT2D eigenvalue weighted by molar-refractivity contribution is 7.15. The number of aliphatic hydroxyl groups excluding tert-OH is 1. The Hall–Kier alpha value is -0.610. The van der Waals surface area contributed by atoms with Crippen LogP contribution in [-0.4, -0.2) is 22.7 Å². The fourth-order valence-corrected chi connectivity index (χ4v) is 2.55. The number of hydrogen-bond donors (Lipinski definition) is 1. The van der Waals surface area contributed by atoms with Gasteiger partial charge in [0.2, 0.25) is 0 Å². The molecule has 0 radical (unpaired) electrons. The quantitative estimate of drug-likeness (QED) is 0.881. The van der Waals surface area contributed by atoms with E-state index in [-0.39, 0.29) is 5.54 Å². The summed E-state index contributed by atoms with van der Waals surface area (Å²) in [6, 6.07) is 0. The average Bonchev–Trinajstić information content (AvgIpc) is 2.59. The minimum atomic E-state index is -0.426. The minimum Gasteiger partial charge on any atom is -0.388 e. The van der Waals surface area contributed by atoms with E-state index >= 15 is 0 Å². The third kappa shape index (κ3) is 2.55. The summed E-state index contributed by atoms with van der Waals surface area (Å²) in [6.45, 7) is 10.3. The van der Waals surface area contributed by atoms with Gasteiger partial charge in [-0.2, -0.15) is 0 Å². The summed E-state index contributed by atoms with van der Waals surface area (Å²) in [5.74, 6) is 0. The van der Waals surface area contributed by atoms with Crippen molar-refractivity contribution in [1.29, 1.82) is 0 Å². The lowest BCUT2D eigenvalue weighted by Crippen LogP contribution is -2.40. The Kier molecular flexibility index (Phi) is 3.97. The molecule has 92 valence electrons. The number of aliphatic hydroxyl groups is 1. The van der Waals surface area contributed by atoms with Crippen molar-refractivity contribution in [2.45, 2.75) is 52.7 Å². The molecular weight excluding hydrogens is 220 g/mol. The van der Waals surface area contributed by atoms with Crippen molar-refractivity contribution in [3.63, 3.8) is 0 Å². The Morgan fingerprint density at radius 3 is 2.44 bits per heavy atom. The molecule has 1 unspecified atom stereocenters. The first-order valence-corrected chi connectivity index (χ1v) is 6.50. The summed E-state index contributed by atoms with van der Waals surface area (Å²) in [5, 5.41) is 10.6. The molecule has 1 heterocycles.